The predicted molar refractivity (Wildman–Crippen MR) is 56.0 cm³/mol. The normalized spacial score (nSPS) is 30.2. The van der Waals surface area contributed by atoms with E-state index in [4.69, 9.17) is 4.74 Å². The molecule has 2 nitrogen and oxygen atoms in total. The second kappa shape index (κ2) is 4.97. The van der Waals surface area contributed by atoms with Crippen molar-refractivity contribution in [3.63, 3.8) is 0 Å². The molecule has 0 bridgehead atoms. The lowest BCUT2D eigenvalue weighted by molar-refractivity contribution is 0.0504. The molecular weight excluding hydrogens is 162 g/mol. The molecule has 13 heavy (non-hydrogen) atoms. The van der Waals surface area contributed by atoms with Gasteiger partial charge in [-0.15, -0.1) is 0 Å². The molecule has 0 aromatic heterocycles. The van der Waals surface area contributed by atoms with Crippen LogP contribution >= 0.6 is 0 Å². The van der Waals surface area contributed by atoms with Crippen LogP contribution in [0.3, 0.4) is 0 Å². The molecule has 1 rings (SSSR count). The van der Waals surface area contributed by atoms with Crippen molar-refractivity contribution in [2.75, 3.05) is 13.2 Å². The Bertz CT molecular complexity index is 137. The highest BCUT2D eigenvalue weighted by Crippen LogP contribution is 2.22. The molecule has 0 amide bonds. The van der Waals surface area contributed by atoms with E-state index in [0.29, 0.717) is 6.10 Å². The lowest BCUT2D eigenvalue weighted by atomic mass is 10.2. The number of nitrogens with zero attached hydrogens (tertiary/aromatic N) is 1. The van der Waals surface area contributed by atoms with Gasteiger partial charge in [0.05, 0.1) is 12.7 Å². The predicted octanol–water partition coefficient (Wildman–Crippen LogP) is 2.28. The highest BCUT2D eigenvalue weighted by molar-refractivity contribution is 4.81. The van der Waals surface area contributed by atoms with Crippen LogP contribution in [0.15, 0.2) is 0 Å². The second-order valence-corrected chi connectivity index (χ2v) is 4.43. The van der Waals surface area contributed by atoms with Crippen LogP contribution in [-0.4, -0.2) is 36.2 Å². The summed E-state index contributed by atoms with van der Waals surface area (Å²) in [6.07, 6.45) is 3.07. The van der Waals surface area contributed by atoms with Gasteiger partial charge < -0.3 is 4.74 Å². The highest BCUT2D eigenvalue weighted by atomic mass is 16.5. The summed E-state index contributed by atoms with van der Waals surface area (Å²) in [5.41, 5.74) is 0. The van der Waals surface area contributed by atoms with Crippen molar-refractivity contribution in [2.24, 2.45) is 0 Å². The van der Waals surface area contributed by atoms with Crippen molar-refractivity contribution in [2.45, 2.75) is 58.7 Å². The summed E-state index contributed by atoms with van der Waals surface area (Å²) in [5, 5.41) is 0. The summed E-state index contributed by atoms with van der Waals surface area (Å²) >= 11 is 0. The number of ether oxygens (including phenoxy) is 1. The first-order valence-electron chi connectivity index (χ1n) is 5.48. The molecule has 0 aromatic rings. The zero-order valence-corrected chi connectivity index (χ0v) is 9.42. The first-order valence-corrected chi connectivity index (χ1v) is 5.48. The molecule has 1 aliphatic rings. The van der Waals surface area contributed by atoms with E-state index in [-0.39, 0.29) is 0 Å². The topological polar surface area (TPSA) is 12.5 Å². The molecule has 0 aliphatic carbocycles. The second-order valence-electron chi connectivity index (χ2n) is 4.43. The Morgan fingerprint density at radius 3 is 2.23 bits per heavy atom. The Labute approximate surface area is 82.3 Å². The minimum absolute atomic E-state index is 0.369. The summed E-state index contributed by atoms with van der Waals surface area (Å²) in [4.78, 5) is 2.56. The van der Waals surface area contributed by atoms with Gasteiger partial charge in [0.25, 0.3) is 0 Å². The molecule has 78 valence electrons. The molecule has 2 atom stereocenters. The molecule has 1 aliphatic heterocycles. The first kappa shape index (κ1) is 11.0. The molecule has 0 aromatic carbocycles. The van der Waals surface area contributed by atoms with Gasteiger partial charge in [-0.05, 0) is 40.5 Å². The van der Waals surface area contributed by atoms with Crippen molar-refractivity contribution in [1.29, 1.82) is 0 Å². The monoisotopic (exact) mass is 185 g/mol. The standard InChI is InChI=1S/C11H23NO/c1-9(2)13-8-7-12-10(3)5-6-11(12)4/h9-11H,5-8H2,1-4H3. The van der Waals surface area contributed by atoms with E-state index >= 15 is 0 Å². The molecule has 1 saturated heterocycles. The van der Waals surface area contributed by atoms with Crippen molar-refractivity contribution < 1.29 is 4.74 Å². The average molecular weight is 185 g/mol. The third kappa shape index (κ3) is 3.28. The minimum atomic E-state index is 0.369. The fourth-order valence-electron chi connectivity index (χ4n) is 2.08. The maximum absolute atomic E-state index is 5.56. The summed E-state index contributed by atoms with van der Waals surface area (Å²) in [6, 6.07) is 1.51. The van der Waals surface area contributed by atoms with Crippen LogP contribution in [0.2, 0.25) is 0 Å². The van der Waals surface area contributed by atoms with Gasteiger partial charge in [-0.25, -0.2) is 0 Å². The molecule has 2 heteroatoms. The molecule has 0 N–H and O–H groups in total. The summed E-state index contributed by atoms with van der Waals surface area (Å²) in [5.74, 6) is 0. The van der Waals surface area contributed by atoms with Gasteiger partial charge in [0, 0.05) is 18.6 Å². The zero-order valence-electron chi connectivity index (χ0n) is 9.42. The Morgan fingerprint density at radius 2 is 1.77 bits per heavy atom. The Kier molecular flexibility index (Phi) is 4.20. The van der Waals surface area contributed by atoms with Gasteiger partial charge in [-0.3, -0.25) is 4.90 Å². The van der Waals surface area contributed by atoms with E-state index in [9.17, 15) is 0 Å². The zero-order chi connectivity index (χ0) is 9.84. The number of rotatable bonds is 4. The third-order valence-corrected chi connectivity index (χ3v) is 2.94. The molecule has 0 spiro atoms. The van der Waals surface area contributed by atoms with Gasteiger partial charge in [0.1, 0.15) is 0 Å². The van der Waals surface area contributed by atoms with Gasteiger partial charge in [-0.1, -0.05) is 0 Å². The number of hydrogen-bond acceptors (Lipinski definition) is 2. The molecule has 1 heterocycles. The van der Waals surface area contributed by atoms with Crippen molar-refractivity contribution in [3.05, 3.63) is 0 Å². The van der Waals surface area contributed by atoms with Crippen molar-refractivity contribution >= 4 is 0 Å². The van der Waals surface area contributed by atoms with Crippen LogP contribution in [-0.2, 0) is 4.74 Å². The van der Waals surface area contributed by atoms with Gasteiger partial charge in [0.15, 0.2) is 0 Å². The van der Waals surface area contributed by atoms with Crippen molar-refractivity contribution in [3.8, 4) is 0 Å². The van der Waals surface area contributed by atoms with E-state index in [1.54, 1.807) is 0 Å². The van der Waals surface area contributed by atoms with Gasteiger partial charge in [0.2, 0.25) is 0 Å². The van der Waals surface area contributed by atoms with Gasteiger partial charge in [-0.2, -0.15) is 0 Å². The maximum atomic E-state index is 5.56. The minimum Gasteiger partial charge on any atom is -0.377 e. The number of likely N-dealkylation sites (tertiary alicyclic amines) is 1. The highest BCUT2D eigenvalue weighted by Gasteiger charge is 2.26. The fraction of sp³-hybridized carbons (Fsp3) is 1.00. The average Bonchev–Trinajstić information content (AvgIpc) is 2.34. The van der Waals surface area contributed by atoms with Crippen molar-refractivity contribution in [1.82, 2.24) is 4.90 Å². The van der Waals surface area contributed by atoms with E-state index in [2.05, 4.69) is 32.6 Å². The molecule has 1 fully saturated rings. The largest absolute Gasteiger partial charge is 0.377 e. The van der Waals surface area contributed by atoms with E-state index in [1.165, 1.54) is 12.8 Å². The smallest absolute Gasteiger partial charge is 0.0597 e. The molecule has 2 unspecified atom stereocenters. The Hall–Kier alpha value is -0.0800. The summed E-state index contributed by atoms with van der Waals surface area (Å²) in [6.45, 7) is 10.8. The van der Waals surface area contributed by atoms with Crippen LogP contribution in [0.25, 0.3) is 0 Å². The van der Waals surface area contributed by atoms with Crippen LogP contribution in [0.5, 0.6) is 0 Å². The summed E-state index contributed by atoms with van der Waals surface area (Å²) in [7, 11) is 0. The van der Waals surface area contributed by atoms with Crippen LogP contribution in [0.4, 0.5) is 0 Å². The molecule has 0 saturated carbocycles. The van der Waals surface area contributed by atoms with E-state index in [0.717, 1.165) is 25.2 Å². The summed E-state index contributed by atoms with van der Waals surface area (Å²) < 4.78 is 5.56. The lowest BCUT2D eigenvalue weighted by Gasteiger charge is -2.26. The van der Waals surface area contributed by atoms with Crippen LogP contribution < -0.4 is 0 Å². The molecular formula is C11H23NO. The Morgan fingerprint density at radius 1 is 1.23 bits per heavy atom. The fourth-order valence-corrected chi connectivity index (χ4v) is 2.08. The van der Waals surface area contributed by atoms with Gasteiger partial charge >= 0.3 is 0 Å². The SMILES string of the molecule is CC(C)OCCN1C(C)CCC1C. The molecule has 0 radical (unpaired) electrons. The van der Waals surface area contributed by atoms with E-state index in [1.807, 2.05) is 0 Å². The quantitative estimate of drug-likeness (QED) is 0.666. The first-order chi connectivity index (χ1) is 6.11. The number of hydrogen-bond donors (Lipinski definition) is 0. The maximum Gasteiger partial charge on any atom is 0.0597 e. The lowest BCUT2D eigenvalue weighted by Crippen LogP contribution is -2.35. The van der Waals surface area contributed by atoms with Crippen LogP contribution in [0.1, 0.15) is 40.5 Å². The van der Waals surface area contributed by atoms with E-state index < -0.39 is 0 Å². The third-order valence-electron chi connectivity index (χ3n) is 2.94. The Balaban J connectivity index is 2.19. The van der Waals surface area contributed by atoms with Crippen LogP contribution in [0, 0.1) is 0 Å².